The minimum Gasteiger partial charge on any atom is -0.449 e. The maximum atomic E-state index is 12.0. The monoisotopic (exact) mass is 199 g/mol. The van der Waals surface area contributed by atoms with Crippen molar-refractivity contribution in [1.82, 2.24) is 4.98 Å². The lowest BCUT2D eigenvalue weighted by Gasteiger charge is -2.12. The molecule has 0 aliphatic carbocycles. The lowest BCUT2D eigenvalue weighted by Crippen LogP contribution is -2.20. The number of pyridine rings is 1. The maximum Gasteiger partial charge on any atom is 0.484 e. The van der Waals surface area contributed by atoms with Gasteiger partial charge in [-0.05, 0) is 17.9 Å². The molecule has 0 bridgehead atoms. The van der Waals surface area contributed by atoms with Gasteiger partial charge in [0.15, 0.2) is 0 Å². The van der Waals surface area contributed by atoms with E-state index in [1.54, 1.807) is 0 Å². The van der Waals surface area contributed by atoms with E-state index in [2.05, 4.69) is 4.98 Å². The summed E-state index contributed by atoms with van der Waals surface area (Å²) in [7, 11) is 0. The highest BCUT2D eigenvalue weighted by Gasteiger charge is 2.23. The van der Waals surface area contributed by atoms with Gasteiger partial charge in [0.05, 0.1) is 12.5 Å². The summed E-state index contributed by atoms with van der Waals surface area (Å²) in [5.74, 6) is 0. The van der Waals surface area contributed by atoms with E-state index in [1.807, 2.05) is 6.07 Å². The Kier molecular flexibility index (Phi) is 3.12. The van der Waals surface area contributed by atoms with Gasteiger partial charge < -0.3 is 12.9 Å². The van der Waals surface area contributed by atoms with E-state index in [1.165, 1.54) is 18.3 Å². The first-order valence-corrected chi connectivity index (χ1v) is 4.03. The average molecular weight is 199 g/mol. The molecule has 0 amide bonds. The minimum atomic E-state index is -4.83. The number of nitrogens with zero attached hydrogens (tertiary/aromatic N) is 2. The Labute approximate surface area is 79.4 Å². The molecule has 1 aromatic rings. The third-order valence-electron chi connectivity index (χ3n) is 1.61. The highest BCUT2D eigenvalue weighted by atomic mass is 19.4. The first kappa shape index (κ1) is 10.6. The van der Waals surface area contributed by atoms with Gasteiger partial charge >= 0.3 is 6.98 Å². The minimum absolute atomic E-state index is 0.000750. The molecule has 0 saturated carbocycles. The third kappa shape index (κ3) is 3.48. The van der Waals surface area contributed by atoms with E-state index in [4.69, 9.17) is 5.26 Å². The lowest BCUT2D eigenvalue weighted by molar-refractivity contribution is 0.467. The molecule has 0 N–H and O–H groups in total. The Morgan fingerprint density at radius 2 is 2.07 bits per heavy atom. The zero-order valence-corrected chi connectivity index (χ0v) is 7.25. The third-order valence-corrected chi connectivity index (χ3v) is 1.61. The zero-order chi connectivity index (χ0) is 10.6. The molecule has 0 aliphatic heterocycles. The molecule has 0 unspecified atom stereocenters. The van der Waals surface area contributed by atoms with Crippen molar-refractivity contribution in [2.24, 2.45) is 0 Å². The molecule has 6 heteroatoms. The van der Waals surface area contributed by atoms with Gasteiger partial charge in [-0.25, -0.2) is 0 Å². The molecule has 0 spiro atoms. The van der Waals surface area contributed by atoms with E-state index in [-0.39, 0.29) is 12.1 Å². The van der Waals surface area contributed by atoms with Crippen LogP contribution in [-0.4, -0.2) is 12.0 Å². The predicted molar refractivity (Wildman–Crippen MR) is 46.3 cm³/mol. The van der Waals surface area contributed by atoms with Crippen molar-refractivity contribution in [2.75, 3.05) is 0 Å². The Morgan fingerprint density at radius 1 is 1.36 bits per heavy atom. The summed E-state index contributed by atoms with van der Waals surface area (Å²) < 4.78 is 35.9. The second-order valence-corrected chi connectivity index (χ2v) is 2.91. The lowest BCUT2D eigenvalue weighted by atomic mass is 9.84. The smallest absolute Gasteiger partial charge is 0.449 e. The summed E-state index contributed by atoms with van der Waals surface area (Å²) in [6, 6.07) is 4.69. The van der Waals surface area contributed by atoms with Crippen molar-refractivity contribution in [3.8, 4) is 6.07 Å². The molecule has 1 heterocycles. The Morgan fingerprint density at radius 3 is 2.50 bits per heavy atom. The number of rotatable bonds is 3. The first-order chi connectivity index (χ1) is 6.51. The Hall–Kier alpha value is -1.51. The van der Waals surface area contributed by atoms with Crippen molar-refractivity contribution in [3.63, 3.8) is 0 Å². The van der Waals surface area contributed by atoms with Crippen LogP contribution in [-0.2, 0) is 12.7 Å². The van der Waals surface area contributed by atoms with Crippen LogP contribution >= 0.6 is 0 Å². The summed E-state index contributed by atoms with van der Waals surface area (Å²) in [4.78, 5) is 3.63. The molecule has 0 atom stereocenters. The van der Waals surface area contributed by atoms with Gasteiger partial charge in [-0.2, -0.15) is 5.26 Å². The molecule has 0 aliphatic rings. The summed E-state index contributed by atoms with van der Waals surface area (Å²) >= 11 is 0. The van der Waals surface area contributed by atoms with Crippen LogP contribution in [0.15, 0.2) is 18.3 Å². The van der Waals surface area contributed by atoms with Crippen molar-refractivity contribution >= 4 is 6.98 Å². The standard InChI is InChI=1S/C8H7BF3N2/c10-9(11,12)5-8-2-1-7(3-4-13)6-14-8/h1-2,6H,3,5H2/q-1. The molecule has 0 fully saturated rings. The molecule has 74 valence electrons. The van der Waals surface area contributed by atoms with Crippen molar-refractivity contribution in [2.45, 2.75) is 12.7 Å². The first-order valence-electron chi connectivity index (χ1n) is 4.03. The normalized spacial score (nSPS) is 11.0. The van der Waals surface area contributed by atoms with Crippen molar-refractivity contribution in [3.05, 3.63) is 29.6 Å². The summed E-state index contributed by atoms with van der Waals surface area (Å²) in [5.41, 5.74) is 0.630. The highest BCUT2D eigenvalue weighted by Crippen LogP contribution is 2.14. The molecule has 0 saturated heterocycles. The number of hydrogen-bond acceptors (Lipinski definition) is 2. The number of nitriles is 1. The maximum absolute atomic E-state index is 12.0. The van der Waals surface area contributed by atoms with Crippen LogP contribution in [0.3, 0.4) is 0 Å². The average Bonchev–Trinajstić information content (AvgIpc) is 2.06. The van der Waals surface area contributed by atoms with Gasteiger partial charge in [-0.1, -0.05) is 6.07 Å². The second-order valence-electron chi connectivity index (χ2n) is 2.91. The van der Waals surface area contributed by atoms with E-state index >= 15 is 0 Å². The summed E-state index contributed by atoms with van der Waals surface area (Å²) in [6.45, 7) is -4.83. The Balaban J connectivity index is 2.70. The van der Waals surface area contributed by atoms with Crippen LogP contribution in [0.2, 0.25) is 0 Å². The Bertz CT molecular complexity index is 339. The largest absolute Gasteiger partial charge is 0.484 e. The van der Waals surface area contributed by atoms with Crippen LogP contribution in [0.25, 0.3) is 0 Å². The number of halogens is 3. The molecule has 0 aromatic carbocycles. The molecule has 0 radical (unpaired) electrons. The fourth-order valence-corrected chi connectivity index (χ4v) is 1.01. The summed E-state index contributed by atoms with van der Waals surface area (Å²) in [5, 5.41) is 8.32. The predicted octanol–water partition coefficient (Wildman–Crippen LogP) is 2.08. The van der Waals surface area contributed by atoms with E-state index in [0.717, 1.165) is 0 Å². The SMILES string of the molecule is N#CCc1ccc(C[B-](F)(F)F)nc1. The second kappa shape index (κ2) is 4.14. The highest BCUT2D eigenvalue weighted by molar-refractivity contribution is 6.57. The van der Waals surface area contributed by atoms with E-state index < -0.39 is 13.3 Å². The van der Waals surface area contributed by atoms with Gasteiger partial charge in [0, 0.05) is 11.9 Å². The fraction of sp³-hybridized carbons (Fsp3) is 0.250. The zero-order valence-electron chi connectivity index (χ0n) is 7.25. The van der Waals surface area contributed by atoms with E-state index in [0.29, 0.717) is 5.56 Å². The molecule has 2 nitrogen and oxygen atoms in total. The van der Waals surface area contributed by atoms with Crippen LogP contribution < -0.4 is 0 Å². The van der Waals surface area contributed by atoms with E-state index in [9.17, 15) is 12.9 Å². The number of hydrogen-bond donors (Lipinski definition) is 0. The fourth-order valence-electron chi connectivity index (χ4n) is 1.01. The molecule has 1 rings (SSSR count). The van der Waals surface area contributed by atoms with Crippen LogP contribution in [0.1, 0.15) is 11.3 Å². The quantitative estimate of drug-likeness (QED) is 0.698. The van der Waals surface area contributed by atoms with Gasteiger partial charge in [0.1, 0.15) is 0 Å². The van der Waals surface area contributed by atoms with Crippen LogP contribution in [0, 0.1) is 11.3 Å². The van der Waals surface area contributed by atoms with Gasteiger partial charge in [0.2, 0.25) is 0 Å². The molecule has 14 heavy (non-hydrogen) atoms. The molecular formula is C8H7BF3N2-. The molecular weight excluding hydrogens is 192 g/mol. The topological polar surface area (TPSA) is 36.7 Å². The molecule has 1 aromatic heterocycles. The van der Waals surface area contributed by atoms with Crippen LogP contribution in [0.5, 0.6) is 0 Å². The van der Waals surface area contributed by atoms with Crippen LogP contribution in [0.4, 0.5) is 12.9 Å². The van der Waals surface area contributed by atoms with Gasteiger partial charge in [0.25, 0.3) is 0 Å². The van der Waals surface area contributed by atoms with Crippen molar-refractivity contribution < 1.29 is 12.9 Å². The van der Waals surface area contributed by atoms with Crippen molar-refractivity contribution in [1.29, 1.82) is 5.26 Å². The summed E-state index contributed by atoms with van der Waals surface area (Å²) in [6.07, 6.45) is 0.512. The van der Waals surface area contributed by atoms with Gasteiger partial charge in [-0.3, -0.25) is 4.98 Å². The number of aromatic nitrogens is 1. The van der Waals surface area contributed by atoms with Gasteiger partial charge in [-0.15, -0.1) is 0 Å².